The van der Waals surface area contributed by atoms with Gasteiger partial charge >= 0.3 is 0 Å². The second-order valence-electron chi connectivity index (χ2n) is 3.20. The molecule has 0 aromatic heterocycles. The number of rotatable bonds is 6. The molecule has 0 saturated carbocycles. The number of nitroso groups, excluding NO2 is 1. The molecule has 0 radical (unpaired) electrons. The molecule has 3 nitrogen and oxygen atoms in total. The quantitative estimate of drug-likeness (QED) is 0.454. The van der Waals surface area contributed by atoms with E-state index in [4.69, 9.17) is 0 Å². The molecule has 0 saturated heterocycles. The minimum absolute atomic E-state index is 0.326. The summed E-state index contributed by atoms with van der Waals surface area (Å²) >= 11 is 1.43. The van der Waals surface area contributed by atoms with Gasteiger partial charge in [-0.15, -0.1) is 11.5 Å². The Hall–Kier alpha value is -1.13. The molecule has 1 N–H and O–H groups in total. The van der Waals surface area contributed by atoms with Gasteiger partial charge in [0, 0.05) is 6.04 Å². The van der Waals surface area contributed by atoms with Crippen molar-refractivity contribution < 1.29 is 0 Å². The molecule has 0 aliphatic rings. The van der Waals surface area contributed by atoms with E-state index >= 15 is 0 Å². The molecule has 1 rings (SSSR count). The monoisotopic (exact) mass is 222 g/mol. The zero-order valence-corrected chi connectivity index (χ0v) is 9.46. The van der Waals surface area contributed by atoms with E-state index in [1.165, 1.54) is 11.9 Å². The summed E-state index contributed by atoms with van der Waals surface area (Å²) in [6.07, 6.45) is 2.76. The molecule has 0 unspecified atom stereocenters. The third-order valence-corrected chi connectivity index (χ3v) is 2.94. The number of nitrogens with one attached hydrogen (secondary N) is 1. The molecule has 0 aliphatic carbocycles. The minimum atomic E-state index is 0.326. The first-order valence-electron chi connectivity index (χ1n) is 4.73. The van der Waals surface area contributed by atoms with Crippen LogP contribution in [0.5, 0.6) is 0 Å². The van der Waals surface area contributed by atoms with Crippen molar-refractivity contribution in [2.75, 3.05) is 0 Å². The van der Waals surface area contributed by atoms with E-state index in [1.54, 1.807) is 12.1 Å². The normalized spacial score (nSPS) is 12.1. The van der Waals surface area contributed by atoms with Crippen molar-refractivity contribution in [3.05, 3.63) is 41.8 Å². The van der Waals surface area contributed by atoms with E-state index in [0.717, 1.165) is 11.3 Å². The van der Waals surface area contributed by atoms with Gasteiger partial charge in [-0.1, -0.05) is 18.2 Å². The van der Waals surface area contributed by atoms with Crippen molar-refractivity contribution in [3.8, 4) is 0 Å². The molecule has 1 atom stereocenters. The highest BCUT2D eigenvalue weighted by Gasteiger charge is 2.04. The highest BCUT2D eigenvalue weighted by molar-refractivity contribution is 7.97. The Morgan fingerprint density at radius 1 is 1.60 bits per heavy atom. The fourth-order valence-electron chi connectivity index (χ4n) is 1.08. The summed E-state index contributed by atoms with van der Waals surface area (Å²) in [5.41, 5.74) is 0.473. The maximum absolute atomic E-state index is 10.5. The first-order valence-corrected chi connectivity index (χ1v) is 5.55. The molecular weight excluding hydrogens is 208 g/mol. The van der Waals surface area contributed by atoms with Crippen LogP contribution in [0.3, 0.4) is 0 Å². The van der Waals surface area contributed by atoms with E-state index in [1.807, 2.05) is 18.2 Å². The zero-order chi connectivity index (χ0) is 11.1. The topological polar surface area (TPSA) is 41.5 Å². The predicted octanol–water partition coefficient (Wildman–Crippen LogP) is 3.65. The van der Waals surface area contributed by atoms with Crippen molar-refractivity contribution in [2.45, 2.75) is 24.3 Å². The van der Waals surface area contributed by atoms with Crippen molar-refractivity contribution in [3.63, 3.8) is 0 Å². The molecule has 0 bridgehead atoms. The van der Waals surface area contributed by atoms with Gasteiger partial charge in [-0.05, 0) is 42.6 Å². The highest BCUT2D eigenvalue weighted by atomic mass is 32.2. The van der Waals surface area contributed by atoms with E-state index in [9.17, 15) is 4.91 Å². The van der Waals surface area contributed by atoms with Gasteiger partial charge < -0.3 is 0 Å². The largest absolute Gasteiger partial charge is 0.257 e. The zero-order valence-electron chi connectivity index (χ0n) is 8.64. The minimum Gasteiger partial charge on any atom is -0.257 e. The molecule has 80 valence electrons. The molecular formula is C11H14N2OS. The maximum Gasteiger partial charge on any atom is 0.122 e. The molecule has 15 heavy (non-hydrogen) atoms. The molecule has 1 aromatic rings. The summed E-state index contributed by atoms with van der Waals surface area (Å²) in [7, 11) is 0. The van der Waals surface area contributed by atoms with Crippen LogP contribution in [0.2, 0.25) is 0 Å². The van der Waals surface area contributed by atoms with Gasteiger partial charge in [0.2, 0.25) is 0 Å². The van der Waals surface area contributed by atoms with Crippen LogP contribution in [0.1, 0.15) is 13.3 Å². The fraction of sp³-hybridized carbons (Fsp3) is 0.273. The SMILES string of the molecule is C=CC[C@@H](C)NSc1ccccc1N=O. The van der Waals surface area contributed by atoms with Crippen LogP contribution in [0, 0.1) is 4.91 Å². The van der Waals surface area contributed by atoms with Gasteiger partial charge in [-0.2, -0.15) is 0 Å². The van der Waals surface area contributed by atoms with Crippen molar-refractivity contribution in [2.24, 2.45) is 5.18 Å². The van der Waals surface area contributed by atoms with Gasteiger partial charge in [-0.25, -0.2) is 0 Å². The van der Waals surface area contributed by atoms with Crippen LogP contribution in [0.25, 0.3) is 0 Å². The second-order valence-corrected chi connectivity index (χ2v) is 4.08. The second kappa shape index (κ2) is 6.37. The molecule has 0 heterocycles. The maximum atomic E-state index is 10.5. The van der Waals surface area contributed by atoms with Gasteiger partial charge in [-0.3, -0.25) is 4.72 Å². The smallest absolute Gasteiger partial charge is 0.122 e. The molecule has 0 amide bonds. The van der Waals surface area contributed by atoms with Crippen molar-refractivity contribution in [1.82, 2.24) is 4.72 Å². The van der Waals surface area contributed by atoms with Crippen LogP contribution < -0.4 is 4.72 Å². The first-order chi connectivity index (χ1) is 7.27. The van der Waals surface area contributed by atoms with E-state index in [-0.39, 0.29) is 0 Å². The van der Waals surface area contributed by atoms with Crippen LogP contribution in [0.15, 0.2) is 47.0 Å². The van der Waals surface area contributed by atoms with Gasteiger partial charge in [0.15, 0.2) is 0 Å². The lowest BCUT2D eigenvalue weighted by Gasteiger charge is -2.10. The Balaban J connectivity index is 2.56. The average Bonchev–Trinajstić information content (AvgIpc) is 2.27. The summed E-state index contributed by atoms with van der Waals surface area (Å²) in [4.78, 5) is 11.3. The molecule has 0 fully saturated rings. The van der Waals surface area contributed by atoms with Crippen LogP contribution in [0.4, 0.5) is 5.69 Å². The Morgan fingerprint density at radius 3 is 3.00 bits per heavy atom. The lowest BCUT2D eigenvalue weighted by Crippen LogP contribution is -2.17. The number of hydrogen-bond donors (Lipinski definition) is 1. The lowest BCUT2D eigenvalue weighted by molar-refractivity contribution is 0.706. The molecule has 0 aliphatic heterocycles. The third kappa shape index (κ3) is 3.85. The van der Waals surface area contributed by atoms with Crippen LogP contribution >= 0.6 is 11.9 Å². The fourth-order valence-corrected chi connectivity index (χ4v) is 1.86. The van der Waals surface area contributed by atoms with Crippen molar-refractivity contribution in [1.29, 1.82) is 0 Å². The lowest BCUT2D eigenvalue weighted by atomic mass is 10.3. The Labute approximate surface area is 94.1 Å². The molecule has 4 heteroatoms. The summed E-state index contributed by atoms with van der Waals surface area (Å²) in [6, 6.07) is 7.59. The first kappa shape index (κ1) is 11.9. The summed E-state index contributed by atoms with van der Waals surface area (Å²) < 4.78 is 3.22. The molecule has 1 aromatic carbocycles. The summed E-state index contributed by atoms with van der Waals surface area (Å²) in [5.74, 6) is 0. The third-order valence-electron chi connectivity index (χ3n) is 1.85. The highest BCUT2D eigenvalue weighted by Crippen LogP contribution is 2.27. The Bertz CT molecular complexity index is 341. The van der Waals surface area contributed by atoms with Gasteiger partial charge in [0.05, 0.1) is 4.90 Å². The van der Waals surface area contributed by atoms with Crippen molar-refractivity contribution >= 4 is 17.6 Å². The number of nitrogens with zero attached hydrogens (tertiary/aromatic N) is 1. The van der Waals surface area contributed by atoms with E-state index in [0.29, 0.717) is 11.7 Å². The van der Waals surface area contributed by atoms with Gasteiger partial charge in [0.1, 0.15) is 5.69 Å². The number of hydrogen-bond acceptors (Lipinski definition) is 4. The standard InChI is InChI=1S/C11H14N2OS/c1-3-6-9(2)13-15-11-8-5-4-7-10(11)12-14/h3-5,7-9,13H,1,6H2,2H3/t9-/m1/s1. The molecule has 0 spiro atoms. The van der Waals surface area contributed by atoms with E-state index < -0.39 is 0 Å². The Kier molecular flexibility index (Phi) is 5.07. The summed E-state index contributed by atoms with van der Waals surface area (Å²) in [5, 5.41) is 2.96. The van der Waals surface area contributed by atoms with Crippen LogP contribution in [-0.4, -0.2) is 6.04 Å². The van der Waals surface area contributed by atoms with E-state index in [2.05, 4.69) is 23.4 Å². The van der Waals surface area contributed by atoms with Gasteiger partial charge in [0.25, 0.3) is 0 Å². The average molecular weight is 222 g/mol. The predicted molar refractivity (Wildman–Crippen MR) is 65.2 cm³/mol. The number of benzene rings is 1. The summed E-state index contributed by atoms with van der Waals surface area (Å²) in [6.45, 7) is 5.73. The Morgan fingerprint density at radius 2 is 2.33 bits per heavy atom. The van der Waals surface area contributed by atoms with Crippen LogP contribution in [-0.2, 0) is 0 Å².